The van der Waals surface area contributed by atoms with Crippen molar-refractivity contribution in [3.05, 3.63) is 40.6 Å². The molecule has 1 aromatic carbocycles. The molecule has 114 valence electrons. The minimum absolute atomic E-state index is 0.890. The number of nitrogens with one attached hydrogen (secondary N) is 1. The predicted octanol–water partition coefficient (Wildman–Crippen LogP) is 4.00. The van der Waals surface area contributed by atoms with Gasteiger partial charge in [-0.15, -0.1) is 0 Å². The summed E-state index contributed by atoms with van der Waals surface area (Å²) in [6.45, 7) is 10.5. The van der Waals surface area contributed by atoms with Crippen LogP contribution in [-0.4, -0.2) is 16.3 Å². The van der Waals surface area contributed by atoms with Crippen molar-refractivity contribution in [3.63, 3.8) is 0 Å². The van der Waals surface area contributed by atoms with Crippen LogP contribution in [0.25, 0.3) is 0 Å². The summed E-state index contributed by atoms with van der Waals surface area (Å²) in [7, 11) is 2.03. The van der Waals surface area contributed by atoms with Crippen molar-refractivity contribution < 1.29 is 0 Å². The highest BCUT2D eigenvalue weighted by Gasteiger charge is 2.15. The number of aryl methyl sites for hydroxylation is 4. The summed E-state index contributed by atoms with van der Waals surface area (Å²) < 4.78 is 2.00. The Morgan fingerprint density at radius 1 is 1.24 bits per heavy atom. The Kier molecular flexibility index (Phi) is 5.48. The van der Waals surface area contributed by atoms with E-state index in [0.29, 0.717) is 0 Å². The standard InChI is InChI=1S/C17H25N3S/c1-6-9-18-11-15-14(4)19-20(5)17(15)21-16-8-7-12(2)10-13(16)3/h7-8,10,18H,6,9,11H2,1-5H3. The minimum Gasteiger partial charge on any atom is -0.313 e. The van der Waals surface area contributed by atoms with Crippen LogP contribution in [0.15, 0.2) is 28.1 Å². The molecule has 0 bridgehead atoms. The van der Waals surface area contributed by atoms with Gasteiger partial charge in [-0.1, -0.05) is 36.4 Å². The van der Waals surface area contributed by atoms with Crippen LogP contribution in [-0.2, 0) is 13.6 Å². The van der Waals surface area contributed by atoms with E-state index in [2.05, 4.69) is 56.3 Å². The van der Waals surface area contributed by atoms with Gasteiger partial charge in [-0.2, -0.15) is 5.10 Å². The summed E-state index contributed by atoms with van der Waals surface area (Å²) in [6.07, 6.45) is 1.15. The third-order valence-corrected chi connectivity index (χ3v) is 4.94. The third-order valence-electron chi connectivity index (χ3n) is 3.55. The average molecular weight is 303 g/mol. The zero-order valence-corrected chi connectivity index (χ0v) is 14.5. The van der Waals surface area contributed by atoms with Crippen LogP contribution in [0.4, 0.5) is 0 Å². The Labute approximate surface area is 132 Å². The molecule has 0 radical (unpaired) electrons. The molecule has 0 unspecified atom stereocenters. The van der Waals surface area contributed by atoms with Crippen LogP contribution in [0.2, 0.25) is 0 Å². The summed E-state index contributed by atoms with van der Waals surface area (Å²) in [4.78, 5) is 1.31. The van der Waals surface area contributed by atoms with Gasteiger partial charge in [0.25, 0.3) is 0 Å². The Hall–Kier alpha value is -1.26. The monoisotopic (exact) mass is 303 g/mol. The van der Waals surface area contributed by atoms with Crippen LogP contribution in [0.3, 0.4) is 0 Å². The molecule has 0 atom stereocenters. The average Bonchev–Trinajstić information content (AvgIpc) is 2.68. The molecule has 0 amide bonds. The molecule has 1 N–H and O–H groups in total. The maximum absolute atomic E-state index is 4.59. The molecular weight excluding hydrogens is 278 g/mol. The van der Waals surface area contributed by atoms with Crippen LogP contribution in [0.5, 0.6) is 0 Å². The summed E-state index contributed by atoms with van der Waals surface area (Å²) in [5.41, 5.74) is 5.07. The van der Waals surface area contributed by atoms with Crippen molar-refractivity contribution in [2.45, 2.75) is 50.6 Å². The van der Waals surface area contributed by atoms with Crippen molar-refractivity contribution in [1.82, 2.24) is 15.1 Å². The largest absolute Gasteiger partial charge is 0.313 e. The van der Waals surface area contributed by atoms with Crippen LogP contribution in [0, 0.1) is 20.8 Å². The predicted molar refractivity (Wildman–Crippen MR) is 90.0 cm³/mol. The van der Waals surface area contributed by atoms with Gasteiger partial charge in [-0.25, -0.2) is 0 Å². The Balaban J connectivity index is 2.26. The van der Waals surface area contributed by atoms with Crippen molar-refractivity contribution >= 4 is 11.8 Å². The summed E-state index contributed by atoms with van der Waals surface area (Å²) in [6, 6.07) is 6.62. The molecule has 2 rings (SSSR count). The van der Waals surface area contributed by atoms with Crippen molar-refractivity contribution in [1.29, 1.82) is 0 Å². The maximum atomic E-state index is 4.59. The molecule has 0 fully saturated rings. The molecule has 0 saturated carbocycles. The topological polar surface area (TPSA) is 29.9 Å². The van der Waals surface area contributed by atoms with Crippen LogP contribution in [0.1, 0.15) is 35.7 Å². The van der Waals surface area contributed by atoms with E-state index in [9.17, 15) is 0 Å². The molecular formula is C17H25N3S. The summed E-state index contributed by atoms with van der Waals surface area (Å²) >= 11 is 1.82. The van der Waals surface area contributed by atoms with Crippen LogP contribution >= 0.6 is 11.8 Å². The molecule has 1 heterocycles. The molecule has 0 saturated heterocycles. The normalized spacial score (nSPS) is 11.1. The molecule has 3 nitrogen and oxygen atoms in total. The summed E-state index contributed by atoms with van der Waals surface area (Å²) in [5.74, 6) is 0. The first kappa shape index (κ1) is 16.1. The Morgan fingerprint density at radius 3 is 2.67 bits per heavy atom. The fraction of sp³-hybridized carbons (Fsp3) is 0.471. The second kappa shape index (κ2) is 7.14. The highest BCUT2D eigenvalue weighted by molar-refractivity contribution is 7.99. The second-order valence-corrected chi connectivity index (χ2v) is 6.57. The molecule has 4 heteroatoms. The lowest BCUT2D eigenvalue weighted by atomic mass is 10.2. The van der Waals surface area contributed by atoms with Gasteiger partial charge in [-0.05, 0) is 45.4 Å². The first-order valence-corrected chi connectivity index (χ1v) is 8.32. The second-order valence-electron chi connectivity index (χ2n) is 5.54. The molecule has 1 aromatic heterocycles. The van der Waals surface area contributed by atoms with E-state index in [1.54, 1.807) is 0 Å². The van der Waals surface area contributed by atoms with Gasteiger partial charge < -0.3 is 5.32 Å². The van der Waals surface area contributed by atoms with Gasteiger partial charge >= 0.3 is 0 Å². The first-order chi connectivity index (χ1) is 10.0. The van der Waals surface area contributed by atoms with E-state index in [-0.39, 0.29) is 0 Å². The van der Waals surface area contributed by atoms with Gasteiger partial charge in [0.15, 0.2) is 0 Å². The SMILES string of the molecule is CCCNCc1c(C)nn(C)c1Sc1ccc(C)cc1C. The van der Waals surface area contributed by atoms with E-state index in [1.807, 2.05) is 23.5 Å². The molecule has 0 aliphatic rings. The van der Waals surface area contributed by atoms with Crippen molar-refractivity contribution in [2.75, 3.05) is 6.54 Å². The lowest BCUT2D eigenvalue weighted by molar-refractivity contribution is 0.653. The van der Waals surface area contributed by atoms with Crippen LogP contribution < -0.4 is 5.32 Å². The van der Waals surface area contributed by atoms with Gasteiger partial charge in [0.2, 0.25) is 0 Å². The van der Waals surface area contributed by atoms with Gasteiger partial charge in [0.1, 0.15) is 5.03 Å². The quantitative estimate of drug-likeness (QED) is 0.818. The molecule has 0 aliphatic carbocycles. The van der Waals surface area contributed by atoms with E-state index in [0.717, 1.165) is 25.2 Å². The van der Waals surface area contributed by atoms with Gasteiger partial charge in [0, 0.05) is 24.1 Å². The minimum atomic E-state index is 0.890. The van der Waals surface area contributed by atoms with E-state index >= 15 is 0 Å². The number of hydrogen-bond donors (Lipinski definition) is 1. The lowest BCUT2D eigenvalue weighted by Crippen LogP contribution is -2.14. The Morgan fingerprint density at radius 2 is 2.00 bits per heavy atom. The number of rotatable bonds is 6. The maximum Gasteiger partial charge on any atom is 0.103 e. The first-order valence-electron chi connectivity index (χ1n) is 7.51. The zero-order valence-electron chi connectivity index (χ0n) is 13.7. The fourth-order valence-electron chi connectivity index (χ4n) is 2.42. The summed E-state index contributed by atoms with van der Waals surface area (Å²) in [5, 5.41) is 9.32. The number of aromatic nitrogens is 2. The van der Waals surface area contributed by atoms with Crippen molar-refractivity contribution in [2.24, 2.45) is 7.05 Å². The Bertz CT molecular complexity index is 617. The molecule has 0 aliphatic heterocycles. The van der Waals surface area contributed by atoms with E-state index in [1.165, 1.54) is 26.6 Å². The van der Waals surface area contributed by atoms with Gasteiger partial charge in [-0.3, -0.25) is 4.68 Å². The van der Waals surface area contributed by atoms with E-state index in [4.69, 9.17) is 0 Å². The molecule has 2 aromatic rings. The highest BCUT2D eigenvalue weighted by atomic mass is 32.2. The number of hydrogen-bond acceptors (Lipinski definition) is 3. The molecule has 21 heavy (non-hydrogen) atoms. The van der Waals surface area contributed by atoms with E-state index < -0.39 is 0 Å². The zero-order chi connectivity index (χ0) is 15.4. The van der Waals surface area contributed by atoms with Gasteiger partial charge in [0.05, 0.1) is 5.69 Å². The number of nitrogens with zero attached hydrogens (tertiary/aromatic N) is 2. The number of benzene rings is 1. The smallest absolute Gasteiger partial charge is 0.103 e. The lowest BCUT2D eigenvalue weighted by Gasteiger charge is -2.10. The third kappa shape index (κ3) is 3.89. The highest BCUT2D eigenvalue weighted by Crippen LogP contribution is 2.33. The fourth-order valence-corrected chi connectivity index (χ4v) is 3.50. The molecule has 0 spiro atoms. The van der Waals surface area contributed by atoms with Crippen molar-refractivity contribution in [3.8, 4) is 0 Å².